The maximum Gasteiger partial charge on any atom is 0.163 e. The molecule has 2 aromatic carbocycles. The summed E-state index contributed by atoms with van der Waals surface area (Å²) in [4.78, 5) is 27.0. The third kappa shape index (κ3) is 5.48. The molecule has 1 aliphatic rings. The predicted molar refractivity (Wildman–Crippen MR) is 108 cm³/mol. The van der Waals surface area contributed by atoms with E-state index in [0.717, 1.165) is 22.6 Å². The van der Waals surface area contributed by atoms with Gasteiger partial charge in [-0.25, -0.2) is 0 Å². The largest absolute Gasteiger partial charge is 0.294 e. The number of thioether (sulfide) groups is 2. The van der Waals surface area contributed by atoms with Crippen molar-refractivity contribution in [2.24, 2.45) is 0 Å². The summed E-state index contributed by atoms with van der Waals surface area (Å²) in [6.07, 6.45) is 0.532. The Balaban J connectivity index is 0.00000109. The average molecular weight is 373 g/mol. The highest BCUT2D eigenvalue weighted by Crippen LogP contribution is 2.37. The summed E-state index contributed by atoms with van der Waals surface area (Å²) in [5.74, 6) is 2.28. The van der Waals surface area contributed by atoms with Crippen LogP contribution in [0.15, 0.2) is 52.3 Å². The molecule has 0 fully saturated rings. The number of fused-ring (bicyclic) bond motifs is 1. The Hall–Kier alpha value is -1.52. The zero-order valence-electron chi connectivity index (χ0n) is 15.0. The molecule has 2 nitrogen and oxygen atoms in total. The molecule has 1 heterocycles. The van der Waals surface area contributed by atoms with Crippen LogP contribution in [-0.4, -0.2) is 23.1 Å². The summed E-state index contributed by atoms with van der Waals surface area (Å²) < 4.78 is 0. The molecule has 0 saturated carbocycles. The van der Waals surface area contributed by atoms with Gasteiger partial charge in [0, 0.05) is 45.3 Å². The van der Waals surface area contributed by atoms with Crippen molar-refractivity contribution in [3.05, 3.63) is 59.2 Å². The van der Waals surface area contributed by atoms with Gasteiger partial charge in [0.1, 0.15) is 0 Å². The lowest BCUT2D eigenvalue weighted by atomic mass is 10.0. The van der Waals surface area contributed by atoms with Crippen LogP contribution in [0.4, 0.5) is 0 Å². The molecule has 0 spiro atoms. The fourth-order valence-electron chi connectivity index (χ4n) is 2.47. The second kappa shape index (κ2) is 9.83. The first-order valence-electron chi connectivity index (χ1n) is 8.66. The van der Waals surface area contributed by atoms with Crippen LogP contribution in [0.25, 0.3) is 0 Å². The number of Topliss-reactive ketones (excluding diaryl/α,β-unsaturated/α-hetero) is 2. The standard InChI is InChI=1S/C19H18O2S2.C2H6/c1-13-2-4-14(5-3-13)16(20)7-8-17(21)15-6-9-18-19(12-15)23-11-10-22-18;1-2/h2-6,9,12H,7-8,10-11H2,1H3;1-2H3. The van der Waals surface area contributed by atoms with Crippen LogP contribution in [0.2, 0.25) is 0 Å². The Kier molecular flexibility index (Phi) is 7.79. The van der Waals surface area contributed by atoms with E-state index >= 15 is 0 Å². The van der Waals surface area contributed by atoms with E-state index in [9.17, 15) is 9.59 Å². The van der Waals surface area contributed by atoms with E-state index < -0.39 is 0 Å². The minimum absolute atomic E-state index is 0.0289. The third-order valence-electron chi connectivity index (χ3n) is 3.82. The van der Waals surface area contributed by atoms with Crippen molar-refractivity contribution < 1.29 is 9.59 Å². The van der Waals surface area contributed by atoms with Crippen LogP contribution in [0, 0.1) is 6.92 Å². The molecule has 4 heteroatoms. The number of carbonyl (C=O) groups excluding carboxylic acids is 2. The normalized spacial score (nSPS) is 12.6. The molecule has 2 aromatic rings. The fourth-order valence-corrected chi connectivity index (χ4v) is 4.72. The lowest BCUT2D eigenvalue weighted by Gasteiger charge is -2.15. The zero-order valence-corrected chi connectivity index (χ0v) is 16.6. The Labute approximate surface area is 158 Å². The molecule has 132 valence electrons. The first-order chi connectivity index (χ1) is 12.1. The van der Waals surface area contributed by atoms with Gasteiger partial charge in [0.05, 0.1) is 0 Å². The van der Waals surface area contributed by atoms with Gasteiger partial charge in [-0.3, -0.25) is 9.59 Å². The van der Waals surface area contributed by atoms with Crippen LogP contribution in [0.1, 0.15) is 53.0 Å². The van der Waals surface area contributed by atoms with E-state index in [1.807, 2.05) is 75.0 Å². The van der Waals surface area contributed by atoms with E-state index in [4.69, 9.17) is 0 Å². The van der Waals surface area contributed by atoms with E-state index in [2.05, 4.69) is 0 Å². The summed E-state index contributed by atoms with van der Waals surface area (Å²) in [5, 5.41) is 0. The number of carbonyl (C=O) groups is 2. The lowest BCUT2D eigenvalue weighted by molar-refractivity contribution is 0.0917. The van der Waals surface area contributed by atoms with Gasteiger partial charge in [0.2, 0.25) is 0 Å². The number of ketones is 2. The highest BCUT2D eigenvalue weighted by Gasteiger charge is 2.15. The molecule has 0 bridgehead atoms. The Morgan fingerprint density at radius 2 is 1.32 bits per heavy atom. The lowest BCUT2D eigenvalue weighted by Crippen LogP contribution is -2.06. The smallest absolute Gasteiger partial charge is 0.163 e. The van der Waals surface area contributed by atoms with Crippen LogP contribution in [0.5, 0.6) is 0 Å². The Morgan fingerprint density at radius 3 is 1.96 bits per heavy atom. The molecule has 25 heavy (non-hydrogen) atoms. The predicted octanol–water partition coefficient (Wildman–Crippen LogP) is 6.06. The first-order valence-corrected chi connectivity index (χ1v) is 10.6. The molecule has 0 N–H and O–H groups in total. The van der Waals surface area contributed by atoms with Crippen molar-refractivity contribution in [1.82, 2.24) is 0 Å². The van der Waals surface area contributed by atoms with E-state index in [1.54, 1.807) is 11.8 Å². The highest BCUT2D eigenvalue weighted by atomic mass is 32.2. The minimum Gasteiger partial charge on any atom is -0.294 e. The third-order valence-corrected chi connectivity index (χ3v) is 6.34. The van der Waals surface area contributed by atoms with Gasteiger partial charge < -0.3 is 0 Å². The number of hydrogen-bond acceptors (Lipinski definition) is 4. The molecule has 0 amide bonds. The molecular weight excluding hydrogens is 348 g/mol. The van der Waals surface area contributed by atoms with Gasteiger partial charge in [-0.2, -0.15) is 0 Å². The van der Waals surface area contributed by atoms with E-state index in [0.29, 0.717) is 5.56 Å². The SMILES string of the molecule is CC.Cc1ccc(C(=O)CCC(=O)c2ccc3c(c2)SCCS3)cc1. The second-order valence-electron chi connectivity index (χ2n) is 5.57. The fraction of sp³-hybridized carbons (Fsp3) is 0.333. The van der Waals surface area contributed by atoms with Gasteiger partial charge >= 0.3 is 0 Å². The highest BCUT2D eigenvalue weighted by molar-refractivity contribution is 8.05. The van der Waals surface area contributed by atoms with Gasteiger partial charge in [0.25, 0.3) is 0 Å². The molecule has 0 atom stereocenters. The molecule has 3 rings (SSSR count). The van der Waals surface area contributed by atoms with Crippen molar-refractivity contribution in [2.75, 3.05) is 11.5 Å². The summed E-state index contributed by atoms with van der Waals surface area (Å²) in [6.45, 7) is 5.99. The number of hydrogen-bond donors (Lipinski definition) is 0. The second-order valence-corrected chi connectivity index (χ2v) is 7.84. The molecule has 0 aromatic heterocycles. The molecular formula is C21H24O2S2. The summed E-state index contributed by atoms with van der Waals surface area (Å²) in [6, 6.07) is 13.4. The summed E-state index contributed by atoms with van der Waals surface area (Å²) in [5.41, 5.74) is 2.53. The quantitative estimate of drug-likeness (QED) is 0.597. The van der Waals surface area contributed by atoms with Crippen molar-refractivity contribution in [2.45, 2.75) is 43.4 Å². The van der Waals surface area contributed by atoms with Crippen LogP contribution in [0.3, 0.4) is 0 Å². The van der Waals surface area contributed by atoms with Crippen molar-refractivity contribution in [1.29, 1.82) is 0 Å². The first kappa shape index (κ1) is 19.8. The Bertz CT molecular complexity index is 736. The maximum atomic E-state index is 12.4. The van der Waals surface area contributed by atoms with Gasteiger partial charge in [-0.1, -0.05) is 49.7 Å². The summed E-state index contributed by atoms with van der Waals surface area (Å²) in [7, 11) is 0. The minimum atomic E-state index is 0.0289. The van der Waals surface area contributed by atoms with Crippen molar-refractivity contribution >= 4 is 35.1 Å². The van der Waals surface area contributed by atoms with E-state index in [-0.39, 0.29) is 24.4 Å². The number of benzene rings is 2. The molecule has 0 radical (unpaired) electrons. The zero-order chi connectivity index (χ0) is 18.2. The van der Waals surface area contributed by atoms with Crippen LogP contribution in [-0.2, 0) is 0 Å². The topological polar surface area (TPSA) is 34.1 Å². The summed E-state index contributed by atoms with van der Waals surface area (Å²) >= 11 is 3.64. The van der Waals surface area contributed by atoms with Gasteiger partial charge in [-0.05, 0) is 19.1 Å². The Morgan fingerprint density at radius 1 is 0.800 bits per heavy atom. The van der Waals surface area contributed by atoms with Gasteiger partial charge in [-0.15, -0.1) is 23.5 Å². The van der Waals surface area contributed by atoms with Gasteiger partial charge in [0.15, 0.2) is 11.6 Å². The average Bonchev–Trinajstić information content (AvgIpc) is 2.67. The molecule has 0 saturated heterocycles. The monoisotopic (exact) mass is 372 g/mol. The number of aryl methyl sites for hydroxylation is 1. The molecule has 1 aliphatic heterocycles. The number of rotatable bonds is 5. The maximum absolute atomic E-state index is 12.4. The van der Waals surface area contributed by atoms with Crippen LogP contribution < -0.4 is 0 Å². The molecule has 0 unspecified atom stereocenters. The van der Waals surface area contributed by atoms with Crippen LogP contribution >= 0.6 is 23.5 Å². The van der Waals surface area contributed by atoms with E-state index in [1.165, 1.54) is 9.79 Å². The molecule has 0 aliphatic carbocycles. The van der Waals surface area contributed by atoms with Crippen molar-refractivity contribution in [3.63, 3.8) is 0 Å². The van der Waals surface area contributed by atoms with Crippen molar-refractivity contribution in [3.8, 4) is 0 Å².